The van der Waals surface area contributed by atoms with Crippen LogP contribution in [0.5, 0.6) is 5.75 Å². The molecule has 1 aliphatic carbocycles. The minimum atomic E-state index is -0.549. The molecule has 0 saturated heterocycles. The first kappa shape index (κ1) is 30.8. The zero-order valence-corrected chi connectivity index (χ0v) is 27.4. The number of aromatic amines is 1. The first-order chi connectivity index (χ1) is 21.8. The van der Waals surface area contributed by atoms with Gasteiger partial charge in [-0.05, 0) is 96.3 Å². The van der Waals surface area contributed by atoms with E-state index >= 15 is 0 Å². The van der Waals surface area contributed by atoms with Crippen LogP contribution in [0.15, 0.2) is 65.9 Å². The van der Waals surface area contributed by atoms with Gasteiger partial charge < -0.3 is 15.4 Å². The SMILES string of the molecule is CCC/N=C(/c1nc2c(-c3cc(O)cc(F)c3)cncc2[nH]1)c1nc(-c2cc(I)cc(NC(=O)C3CCCCC3)c2)ccc1C. The van der Waals surface area contributed by atoms with Crippen molar-refractivity contribution in [3.8, 4) is 28.1 Å². The Bertz CT molecular complexity index is 1890. The maximum atomic E-state index is 14.2. The third kappa shape index (κ3) is 6.90. The number of aliphatic imine (C=N–C) groups is 1. The molecule has 0 unspecified atom stereocenters. The number of pyridine rings is 2. The third-order valence-corrected chi connectivity index (χ3v) is 8.69. The second kappa shape index (κ2) is 13.4. The number of carbonyl (C=O) groups excluding carboxylic acids is 1. The number of nitrogens with one attached hydrogen (secondary N) is 2. The van der Waals surface area contributed by atoms with Crippen molar-refractivity contribution in [1.29, 1.82) is 0 Å². The molecule has 0 radical (unpaired) electrons. The summed E-state index contributed by atoms with van der Waals surface area (Å²) in [6, 6.07) is 13.9. The molecular formula is C35H34FIN6O2. The lowest BCUT2D eigenvalue weighted by Gasteiger charge is -2.21. The Labute approximate surface area is 274 Å². The number of anilines is 1. The van der Waals surface area contributed by atoms with Gasteiger partial charge in [0, 0.05) is 45.1 Å². The van der Waals surface area contributed by atoms with Crippen molar-refractivity contribution in [2.24, 2.45) is 10.9 Å². The lowest BCUT2D eigenvalue weighted by atomic mass is 9.88. The minimum absolute atomic E-state index is 0.0626. The average Bonchev–Trinajstić information content (AvgIpc) is 3.46. The number of H-pyrrole nitrogens is 1. The summed E-state index contributed by atoms with van der Waals surface area (Å²) >= 11 is 2.27. The molecule has 3 aromatic heterocycles. The van der Waals surface area contributed by atoms with Gasteiger partial charge >= 0.3 is 0 Å². The number of carbonyl (C=O) groups is 1. The number of amides is 1. The van der Waals surface area contributed by atoms with Crippen LogP contribution in [-0.4, -0.2) is 43.2 Å². The fraction of sp³-hybridized carbons (Fsp3) is 0.286. The zero-order chi connectivity index (χ0) is 31.5. The summed E-state index contributed by atoms with van der Waals surface area (Å²) in [5.74, 6) is -0.0584. The molecule has 1 aliphatic rings. The quantitative estimate of drug-likeness (QED) is 0.111. The molecule has 2 aromatic carbocycles. The molecule has 0 bridgehead atoms. The smallest absolute Gasteiger partial charge is 0.227 e. The van der Waals surface area contributed by atoms with Gasteiger partial charge in [0.05, 0.1) is 28.6 Å². The van der Waals surface area contributed by atoms with Crippen LogP contribution >= 0.6 is 22.6 Å². The van der Waals surface area contributed by atoms with Crippen LogP contribution in [0.4, 0.5) is 10.1 Å². The fourth-order valence-electron chi connectivity index (χ4n) is 5.82. The highest BCUT2D eigenvalue weighted by molar-refractivity contribution is 14.1. The molecule has 6 rings (SSSR count). The number of aromatic nitrogens is 4. The molecule has 3 heterocycles. The number of hydrogen-bond donors (Lipinski definition) is 3. The van der Waals surface area contributed by atoms with Gasteiger partial charge in [-0.3, -0.25) is 14.8 Å². The number of phenolic OH excluding ortho intramolecular Hbond substituents is 1. The summed E-state index contributed by atoms with van der Waals surface area (Å²) in [5.41, 5.74) is 6.91. The molecule has 5 aromatic rings. The van der Waals surface area contributed by atoms with Gasteiger partial charge in [-0.15, -0.1) is 0 Å². The van der Waals surface area contributed by atoms with Crippen molar-refractivity contribution in [1.82, 2.24) is 19.9 Å². The van der Waals surface area contributed by atoms with Gasteiger partial charge in [0.2, 0.25) is 5.91 Å². The Kier molecular flexibility index (Phi) is 9.20. The van der Waals surface area contributed by atoms with Crippen LogP contribution in [-0.2, 0) is 4.79 Å². The predicted octanol–water partition coefficient (Wildman–Crippen LogP) is 8.21. The monoisotopic (exact) mass is 716 g/mol. The molecule has 1 fully saturated rings. The van der Waals surface area contributed by atoms with E-state index < -0.39 is 5.82 Å². The Morgan fingerprint density at radius 3 is 2.67 bits per heavy atom. The normalized spacial score (nSPS) is 14.2. The number of aromatic hydroxyl groups is 1. The topological polar surface area (TPSA) is 116 Å². The first-order valence-electron chi connectivity index (χ1n) is 15.3. The highest BCUT2D eigenvalue weighted by atomic mass is 127. The molecule has 3 N–H and O–H groups in total. The Morgan fingerprint density at radius 1 is 1.07 bits per heavy atom. The summed E-state index contributed by atoms with van der Waals surface area (Å²) in [6.07, 6.45) is 9.39. The van der Waals surface area contributed by atoms with Crippen LogP contribution < -0.4 is 5.32 Å². The Hall–Kier alpha value is -4.19. The van der Waals surface area contributed by atoms with Gasteiger partial charge in [0.15, 0.2) is 5.82 Å². The first-order valence-corrected chi connectivity index (χ1v) is 16.3. The summed E-state index contributed by atoms with van der Waals surface area (Å²) in [7, 11) is 0. The van der Waals surface area contributed by atoms with Gasteiger partial charge in [-0.25, -0.2) is 14.4 Å². The predicted molar refractivity (Wildman–Crippen MR) is 184 cm³/mol. The zero-order valence-electron chi connectivity index (χ0n) is 25.2. The molecular weight excluding hydrogens is 682 g/mol. The van der Waals surface area contributed by atoms with Crippen molar-refractivity contribution in [3.05, 3.63) is 87.4 Å². The van der Waals surface area contributed by atoms with Crippen LogP contribution in [0.2, 0.25) is 0 Å². The lowest BCUT2D eigenvalue weighted by Crippen LogP contribution is -2.24. The van der Waals surface area contributed by atoms with Crippen LogP contribution in [0.3, 0.4) is 0 Å². The van der Waals surface area contributed by atoms with E-state index in [4.69, 9.17) is 15.0 Å². The number of imidazole rings is 1. The lowest BCUT2D eigenvalue weighted by molar-refractivity contribution is -0.120. The van der Waals surface area contributed by atoms with Gasteiger partial charge in [0.25, 0.3) is 0 Å². The number of hydrogen-bond acceptors (Lipinski definition) is 6. The minimum Gasteiger partial charge on any atom is -0.508 e. The van der Waals surface area contributed by atoms with Crippen molar-refractivity contribution in [3.63, 3.8) is 0 Å². The summed E-state index contributed by atoms with van der Waals surface area (Å²) in [4.78, 5) is 35.6. The summed E-state index contributed by atoms with van der Waals surface area (Å²) < 4.78 is 15.2. The third-order valence-electron chi connectivity index (χ3n) is 8.06. The number of nitrogens with zero attached hydrogens (tertiary/aromatic N) is 4. The highest BCUT2D eigenvalue weighted by Gasteiger charge is 2.22. The van der Waals surface area contributed by atoms with Crippen molar-refractivity contribution >= 4 is 50.9 Å². The second-order valence-corrected chi connectivity index (χ2v) is 12.8. The summed E-state index contributed by atoms with van der Waals surface area (Å²) in [6.45, 7) is 4.62. The molecule has 0 atom stereocenters. The molecule has 10 heteroatoms. The molecule has 1 amide bonds. The van der Waals surface area contributed by atoms with E-state index in [1.54, 1.807) is 12.4 Å². The second-order valence-electron chi connectivity index (χ2n) is 11.5. The molecule has 8 nitrogen and oxygen atoms in total. The van der Waals surface area contributed by atoms with Crippen molar-refractivity contribution in [2.75, 3.05) is 11.9 Å². The number of aryl methyl sites for hydroxylation is 1. The average molecular weight is 717 g/mol. The number of phenols is 1. The molecule has 230 valence electrons. The largest absolute Gasteiger partial charge is 0.508 e. The van der Waals surface area contributed by atoms with E-state index in [1.807, 2.05) is 31.2 Å². The van der Waals surface area contributed by atoms with Gasteiger partial charge in [0.1, 0.15) is 17.3 Å². The number of halogens is 2. The van der Waals surface area contributed by atoms with Crippen LogP contribution in [0, 0.1) is 22.2 Å². The van der Waals surface area contributed by atoms with E-state index in [0.717, 1.165) is 64.2 Å². The van der Waals surface area contributed by atoms with Crippen molar-refractivity contribution < 1.29 is 14.3 Å². The number of fused-ring (bicyclic) bond motifs is 1. The number of rotatable bonds is 8. The fourth-order valence-corrected chi connectivity index (χ4v) is 6.49. The molecule has 0 aliphatic heterocycles. The van der Waals surface area contributed by atoms with Crippen LogP contribution in [0.1, 0.15) is 62.5 Å². The van der Waals surface area contributed by atoms with Gasteiger partial charge in [-0.2, -0.15) is 0 Å². The standard InChI is InChI=1S/C35H34FIN6O2/c1-3-11-39-33(34-42-30-19-38-18-28(32(30)43-34)22-12-24(36)16-27(44)15-22)31-20(2)9-10-29(41-31)23-13-25(37)17-26(14-23)40-35(45)21-7-5-4-6-8-21/h9-10,12-19,21,44H,3-8,11H2,1-2H3,(H,40,45)(H,42,43)/b39-33+. The summed E-state index contributed by atoms with van der Waals surface area (Å²) in [5, 5.41) is 13.2. The van der Waals surface area contributed by atoms with Crippen molar-refractivity contribution in [2.45, 2.75) is 52.4 Å². The van der Waals surface area contributed by atoms with Crippen LogP contribution in [0.25, 0.3) is 33.4 Å². The van der Waals surface area contributed by atoms with E-state index in [1.165, 1.54) is 18.6 Å². The van der Waals surface area contributed by atoms with E-state index in [-0.39, 0.29) is 17.6 Å². The Balaban J connectivity index is 1.38. The van der Waals surface area contributed by atoms with E-state index in [2.05, 4.69) is 50.9 Å². The van der Waals surface area contributed by atoms with Gasteiger partial charge in [-0.1, -0.05) is 32.3 Å². The molecule has 1 saturated carbocycles. The number of benzene rings is 2. The maximum absolute atomic E-state index is 14.2. The maximum Gasteiger partial charge on any atom is 0.227 e. The molecule has 0 spiro atoms. The molecule has 45 heavy (non-hydrogen) atoms. The van der Waals surface area contributed by atoms with E-state index in [0.29, 0.717) is 45.9 Å². The highest BCUT2D eigenvalue weighted by Crippen LogP contribution is 2.32. The Morgan fingerprint density at radius 2 is 1.89 bits per heavy atom. The van der Waals surface area contributed by atoms with E-state index in [9.17, 15) is 14.3 Å².